The lowest BCUT2D eigenvalue weighted by molar-refractivity contribution is -0.128. The second-order valence-corrected chi connectivity index (χ2v) is 7.55. The van der Waals surface area contributed by atoms with Crippen LogP contribution in [-0.4, -0.2) is 64.7 Å². The van der Waals surface area contributed by atoms with Gasteiger partial charge in [0.1, 0.15) is 5.82 Å². The minimum atomic E-state index is 0.334. The number of carbonyl (C=O) groups excluding carboxylic acids is 1. The van der Waals surface area contributed by atoms with Gasteiger partial charge in [0.05, 0.1) is 6.54 Å². The van der Waals surface area contributed by atoms with Crippen LogP contribution in [0.5, 0.6) is 0 Å². The molecule has 1 amide bonds. The van der Waals surface area contributed by atoms with Gasteiger partial charge in [-0.3, -0.25) is 9.69 Å². The van der Waals surface area contributed by atoms with Crippen molar-refractivity contribution in [3.05, 3.63) is 18.2 Å². The van der Waals surface area contributed by atoms with E-state index in [0.29, 0.717) is 11.8 Å². The molecule has 0 radical (unpaired) electrons. The number of rotatable bonds is 4. The summed E-state index contributed by atoms with van der Waals surface area (Å²) in [6, 6.07) is 0. The smallest absolute Gasteiger partial charge is 0.222 e. The second kappa shape index (κ2) is 7.23. The highest BCUT2D eigenvalue weighted by molar-refractivity contribution is 5.78. The number of amides is 1. The van der Waals surface area contributed by atoms with Crippen molar-refractivity contribution in [1.82, 2.24) is 19.4 Å². The highest BCUT2D eigenvalue weighted by atomic mass is 16.5. The van der Waals surface area contributed by atoms with Crippen molar-refractivity contribution in [2.24, 2.45) is 11.8 Å². The zero-order valence-electron chi connectivity index (χ0n) is 14.4. The summed E-state index contributed by atoms with van der Waals surface area (Å²) in [5.41, 5.74) is 0. The Morgan fingerprint density at radius 2 is 2.04 bits per heavy atom. The maximum atomic E-state index is 12.0. The lowest BCUT2D eigenvalue weighted by atomic mass is 9.99. The van der Waals surface area contributed by atoms with Crippen LogP contribution in [-0.2, 0) is 22.6 Å². The van der Waals surface area contributed by atoms with Crippen LogP contribution < -0.4 is 0 Å². The third-order valence-corrected chi connectivity index (χ3v) is 5.65. The standard InChI is InChI=1S/C18H28N4O2/c23-18-2-1-6-22(18)13-16-11-20(10-15-3-8-24-9-4-15)14-17-19-5-7-21(17)12-16/h5,7,15-16H,1-4,6,8-14H2/t16-/m1/s1. The van der Waals surface area contributed by atoms with Crippen molar-refractivity contribution in [2.75, 3.05) is 39.4 Å². The van der Waals surface area contributed by atoms with E-state index in [4.69, 9.17) is 4.74 Å². The SMILES string of the molecule is O=C1CCCN1C[C@@H]1CN(CC2CCOCC2)Cc2nccn2C1. The van der Waals surface area contributed by atoms with Crippen LogP contribution >= 0.6 is 0 Å². The minimum Gasteiger partial charge on any atom is -0.381 e. The molecule has 4 heterocycles. The maximum absolute atomic E-state index is 12.0. The summed E-state index contributed by atoms with van der Waals surface area (Å²) < 4.78 is 7.79. The Kier molecular flexibility index (Phi) is 4.85. The van der Waals surface area contributed by atoms with Gasteiger partial charge in [-0.25, -0.2) is 4.98 Å². The third kappa shape index (κ3) is 3.64. The Labute approximate surface area is 143 Å². The fraction of sp³-hybridized carbons (Fsp3) is 0.778. The van der Waals surface area contributed by atoms with Crippen molar-refractivity contribution < 1.29 is 9.53 Å². The van der Waals surface area contributed by atoms with Gasteiger partial charge in [0.2, 0.25) is 5.91 Å². The van der Waals surface area contributed by atoms with E-state index in [1.807, 2.05) is 6.20 Å². The molecule has 6 nitrogen and oxygen atoms in total. The molecule has 1 atom stereocenters. The van der Waals surface area contributed by atoms with E-state index in [0.717, 1.165) is 77.1 Å². The average molecular weight is 332 g/mol. The first-order valence-corrected chi connectivity index (χ1v) is 9.36. The van der Waals surface area contributed by atoms with E-state index in [-0.39, 0.29) is 0 Å². The summed E-state index contributed by atoms with van der Waals surface area (Å²) in [5, 5.41) is 0. The zero-order chi connectivity index (χ0) is 16.4. The maximum Gasteiger partial charge on any atom is 0.222 e. The minimum absolute atomic E-state index is 0.334. The van der Waals surface area contributed by atoms with Gasteiger partial charge in [-0.05, 0) is 25.2 Å². The molecule has 0 saturated carbocycles. The first-order chi connectivity index (χ1) is 11.8. The molecule has 0 bridgehead atoms. The van der Waals surface area contributed by atoms with Crippen molar-refractivity contribution >= 4 is 5.91 Å². The third-order valence-electron chi connectivity index (χ3n) is 5.65. The average Bonchev–Trinajstić information content (AvgIpc) is 3.14. The lowest BCUT2D eigenvalue weighted by Crippen LogP contribution is -2.39. The van der Waals surface area contributed by atoms with Gasteiger partial charge in [0.15, 0.2) is 0 Å². The summed E-state index contributed by atoms with van der Waals surface area (Å²) in [5.74, 6) is 2.72. The van der Waals surface area contributed by atoms with Crippen LogP contribution in [0.4, 0.5) is 0 Å². The summed E-state index contributed by atoms with van der Waals surface area (Å²) in [4.78, 5) is 21.2. The highest BCUT2D eigenvalue weighted by Gasteiger charge is 2.29. The van der Waals surface area contributed by atoms with Crippen molar-refractivity contribution in [3.63, 3.8) is 0 Å². The molecule has 0 unspecified atom stereocenters. The van der Waals surface area contributed by atoms with E-state index in [1.54, 1.807) is 0 Å². The molecule has 0 aromatic carbocycles. The van der Waals surface area contributed by atoms with E-state index < -0.39 is 0 Å². The molecular weight excluding hydrogens is 304 g/mol. The summed E-state index contributed by atoms with van der Waals surface area (Å²) in [6.07, 6.45) is 8.08. The van der Waals surface area contributed by atoms with Gasteiger partial charge < -0.3 is 14.2 Å². The topological polar surface area (TPSA) is 50.6 Å². The Balaban J connectivity index is 1.44. The molecule has 1 aromatic rings. The van der Waals surface area contributed by atoms with Crippen LogP contribution in [0.3, 0.4) is 0 Å². The molecule has 24 heavy (non-hydrogen) atoms. The van der Waals surface area contributed by atoms with E-state index >= 15 is 0 Å². The summed E-state index contributed by atoms with van der Waals surface area (Å²) in [6.45, 7) is 7.72. The monoisotopic (exact) mass is 332 g/mol. The van der Waals surface area contributed by atoms with Gasteiger partial charge in [-0.2, -0.15) is 0 Å². The predicted octanol–water partition coefficient (Wildman–Crippen LogP) is 1.36. The fourth-order valence-electron chi connectivity index (χ4n) is 4.38. The largest absolute Gasteiger partial charge is 0.381 e. The normalized spacial score (nSPS) is 26.6. The Hall–Kier alpha value is -1.40. The number of hydrogen-bond donors (Lipinski definition) is 0. The van der Waals surface area contributed by atoms with Crippen LogP contribution in [0.1, 0.15) is 31.5 Å². The van der Waals surface area contributed by atoms with Crippen molar-refractivity contribution in [2.45, 2.75) is 38.8 Å². The van der Waals surface area contributed by atoms with Gasteiger partial charge >= 0.3 is 0 Å². The molecule has 1 aromatic heterocycles. The molecular formula is C18H28N4O2. The number of hydrogen-bond acceptors (Lipinski definition) is 4. The molecule has 2 saturated heterocycles. The van der Waals surface area contributed by atoms with E-state index in [2.05, 4.69) is 25.5 Å². The molecule has 2 fully saturated rings. The van der Waals surface area contributed by atoms with E-state index in [1.165, 1.54) is 12.8 Å². The number of imidazole rings is 1. The number of carbonyl (C=O) groups is 1. The first-order valence-electron chi connectivity index (χ1n) is 9.36. The molecule has 0 spiro atoms. The number of fused-ring (bicyclic) bond motifs is 1. The Bertz CT molecular complexity index is 567. The van der Waals surface area contributed by atoms with Gasteiger partial charge in [0, 0.05) is 70.7 Å². The quantitative estimate of drug-likeness (QED) is 0.835. The number of ether oxygens (including phenoxy) is 1. The lowest BCUT2D eigenvalue weighted by Gasteiger charge is -2.31. The number of nitrogens with zero attached hydrogens (tertiary/aromatic N) is 4. The number of aromatic nitrogens is 2. The Morgan fingerprint density at radius 3 is 2.83 bits per heavy atom. The van der Waals surface area contributed by atoms with E-state index in [9.17, 15) is 4.79 Å². The van der Waals surface area contributed by atoms with Gasteiger partial charge in [0.25, 0.3) is 0 Å². The predicted molar refractivity (Wildman–Crippen MR) is 90.4 cm³/mol. The van der Waals surface area contributed by atoms with Gasteiger partial charge in [-0.15, -0.1) is 0 Å². The number of likely N-dealkylation sites (tertiary alicyclic amines) is 1. The van der Waals surface area contributed by atoms with Crippen molar-refractivity contribution in [1.29, 1.82) is 0 Å². The molecule has 6 heteroatoms. The molecule has 3 aliphatic heterocycles. The highest BCUT2D eigenvalue weighted by Crippen LogP contribution is 2.22. The fourth-order valence-corrected chi connectivity index (χ4v) is 4.38. The summed E-state index contributed by atoms with van der Waals surface area (Å²) >= 11 is 0. The van der Waals surface area contributed by atoms with Crippen LogP contribution in [0.25, 0.3) is 0 Å². The van der Waals surface area contributed by atoms with Crippen LogP contribution in [0, 0.1) is 11.8 Å². The molecule has 0 N–H and O–H groups in total. The zero-order valence-corrected chi connectivity index (χ0v) is 14.4. The Morgan fingerprint density at radius 1 is 1.17 bits per heavy atom. The van der Waals surface area contributed by atoms with Crippen LogP contribution in [0.15, 0.2) is 12.4 Å². The molecule has 0 aliphatic carbocycles. The van der Waals surface area contributed by atoms with Gasteiger partial charge in [-0.1, -0.05) is 0 Å². The van der Waals surface area contributed by atoms with Crippen LogP contribution in [0.2, 0.25) is 0 Å². The molecule has 3 aliphatic rings. The first kappa shape index (κ1) is 16.1. The summed E-state index contributed by atoms with van der Waals surface area (Å²) in [7, 11) is 0. The molecule has 132 valence electrons. The second-order valence-electron chi connectivity index (χ2n) is 7.55. The van der Waals surface area contributed by atoms with Crippen molar-refractivity contribution in [3.8, 4) is 0 Å². The molecule has 4 rings (SSSR count).